The van der Waals surface area contributed by atoms with Crippen LogP contribution in [0, 0.1) is 6.92 Å². The third-order valence-electron chi connectivity index (χ3n) is 4.80. The Morgan fingerprint density at radius 1 is 0.914 bits per heavy atom. The van der Waals surface area contributed by atoms with Gasteiger partial charge in [0.2, 0.25) is 0 Å². The zero-order valence-corrected chi connectivity index (χ0v) is 20.6. The summed E-state index contributed by atoms with van der Waals surface area (Å²) in [6, 6.07) is 15.7. The van der Waals surface area contributed by atoms with Gasteiger partial charge in [-0.1, -0.05) is 17.7 Å². The quantitative estimate of drug-likeness (QED) is 0.256. The van der Waals surface area contributed by atoms with Crippen molar-refractivity contribution in [1.29, 1.82) is 0 Å². The highest BCUT2D eigenvalue weighted by molar-refractivity contribution is 7.87. The first-order valence-corrected chi connectivity index (χ1v) is 12.0. The molecule has 0 atom stereocenters. The summed E-state index contributed by atoms with van der Waals surface area (Å²) in [4.78, 5) is 12.5. The lowest BCUT2D eigenvalue weighted by Gasteiger charge is -2.11. The van der Waals surface area contributed by atoms with Crippen LogP contribution in [0.1, 0.15) is 28.4 Å². The van der Waals surface area contributed by atoms with Crippen LogP contribution < -0.4 is 23.8 Å². The molecule has 1 N–H and O–H groups in total. The van der Waals surface area contributed by atoms with Gasteiger partial charge in [-0.25, -0.2) is 5.43 Å². The van der Waals surface area contributed by atoms with Gasteiger partial charge in [0.1, 0.15) is 4.90 Å². The molecule has 0 aliphatic rings. The number of amides is 1. The molecule has 0 unspecified atom stereocenters. The zero-order valence-electron chi connectivity index (χ0n) is 19.8. The van der Waals surface area contributed by atoms with E-state index in [1.165, 1.54) is 44.7 Å². The molecule has 3 aromatic rings. The maximum absolute atomic E-state index is 12.6. The van der Waals surface area contributed by atoms with Gasteiger partial charge in [0.25, 0.3) is 5.91 Å². The molecule has 3 rings (SSSR count). The van der Waals surface area contributed by atoms with Gasteiger partial charge in [-0.05, 0) is 67.9 Å². The molecule has 10 heteroatoms. The van der Waals surface area contributed by atoms with Crippen molar-refractivity contribution in [2.75, 3.05) is 20.8 Å². The molecule has 0 saturated heterocycles. The number of hydrazone groups is 1. The number of methoxy groups -OCH3 is 2. The number of benzene rings is 3. The van der Waals surface area contributed by atoms with Crippen LogP contribution in [0.2, 0.25) is 0 Å². The Labute approximate surface area is 204 Å². The average Bonchev–Trinajstić information content (AvgIpc) is 2.85. The fourth-order valence-electron chi connectivity index (χ4n) is 3.02. The first kappa shape index (κ1) is 25.6. The summed E-state index contributed by atoms with van der Waals surface area (Å²) < 4.78 is 46.4. The normalized spacial score (nSPS) is 11.2. The van der Waals surface area contributed by atoms with Crippen LogP contribution in [0.5, 0.6) is 23.0 Å². The van der Waals surface area contributed by atoms with Crippen molar-refractivity contribution >= 4 is 22.2 Å². The number of hydrogen-bond acceptors (Lipinski definition) is 8. The van der Waals surface area contributed by atoms with Crippen LogP contribution in [0.3, 0.4) is 0 Å². The monoisotopic (exact) mass is 498 g/mol. The van der Waals surface area contributed by atoms with Crippen molar-refractivity contribution in [3.8, 4) is 23.0 Å². The maximum atomic E-state index is 12.6. The molecule has 0 bridgehead atoms. The van der Waals surface area contributed by atoms with Gasteiger partial charge in [0.05, 0.1) is 27.0 Å². The van der Waals surface area contributed by atoms with Gasteiger partial charge >= 0.3 is 10.1 Å². The molecule has 9 nitrogen and oxygen atoms in total. The molecule has 1 amide bonds. The lowest BCUT2D eigenvalue weighted by atomic mass is 10.2. The second-order valence-corrected chi connectivity index (χ2v) is 8.80. The van der Waals surface area contributed by atoms with Gasteiger partial charge in [-0.2, -0.15) is 13.5 Å². The summed E-state index contributed by atoms with van der Waals surface area (Å²) in [6.45, 7) is 4.12. The molecule has 0 radical (unpaired) electrons. The van der Waals surface area contributed by atoms with E-state index in [4.69, 9.17) is 18.4 Å². The van der Waals surface area contributed by atoms with Crippen molar-refractivity contribution in [1.82, 2.24) is 5.43 Å². The Morgan fingerprint density at radius 2 is 1.60 bits per heavy atom. The Balaban J connectivity index is 1.71. The van der Waals surface area contributed by atoms with Crippen LogP contribution in [0.4, 0.5) is 0 Å². The predicted octanol–water partition coefficient (Wildman–Crippen LogP) is 3.94. The van der Waals surface area contributed by atoms with Crippen LogP contribution >= 0.6 is 0 Å². The molecule has 3 aromatic carbocycles. The number of aryl methyl sites for hydroxylation is 1. The summed E-state index contributed by atoms with van der Waals surface area (Å²) in [6.07, 6.45) is 1.39. The van der Waals surface area contributed by atoms with E-state index in [0.717, 1.165) is 5.56 Å². The third kappa shape index (κ3) is 6.51. The molecule has 0 heterocycles. The topological polar surface area (TPSA) is 113 Å². The summed E-state index contributed by atoms with van der Waals surface area (Å²) in [5.74, 6) is 0.739. The Hall–Kier alpha value is -4.05. The number of hydrogen-bond donors (Lipinski definition) is 1. The standard InChI is InChI=1S/C25H26N2O7S/c1-5-33-24-15-19(9-13-21(24)31-3)25(28)27-26-16-18-8-12-22(23(14-18)32-4)34-35(29,30)20-10-6-17(2)7-11-20/h6-16H,5H2,1-4H3,(H,27,28)/b26-16-. The van der Waals surface area contributed by atoms with Crippen molar-refractivity contribution in [3.63, 3.8) is 0 Å². The minimum Gasteiger partial charge on any atom is -0.493 e. The number of nitrogens with zero attached hydrogens (tertiary/aromatic N) is 1. The molecule has 0 fully saturated rings. The Kier molecular flexibility index (Phi) is 8.32. The highest BCUT2D eigenvalue weighted by Crippen LogP contribution is 2.31. The van der Waals surface area contributed by atoms with Crippen LogP contribution in [0.15, 0.2) is 70.7 Å². The van der Waals surface area contributed by atoms with Crippen molar-refractivity contribution < 1.29 is 31.6 Å². The van der Waals surface area contributed by atoms with E-state index in [2.05, 4.69) is 10.5 Å². The van der Waals surface area contributed by atoms with E-state index in [0.29, 0.717) is 29.2 Å². The van der Waals surface area contributed by atoms with Crippen molar-refractivity contribution in [2.45, 2.75) is 18.7 Å². The van der Waals surface area contributed by atoms with E-state index in [-0.39, 0.29) is 16.4 Å². The van der Waals surface area contributed by atoms with Crippen LogP contribution in [-0.4, -0.2) is 41.4 Å². The van der Waals surface area contributed by atoms with E-state index in [9.17, 15) is 13.2 Å². The van der Waals surface area contributed by atoms with E-state index >= 15 is 0 Å². The summed E-state index contributed by atoms with van der Waals surface area (Å²) in [5.41, 5.74) is 4.26. The molecule has 0 aliphatic heterocycles. The van der Waals surface area contributed by atoms with Crippen molar-refractivity contribution in [3.05, 3.63) is 77.4 Å². The number of carbonyl (C=O) groups excluding carboxylic acids is 1. The molecule has 0 aromatic heterocycles. The second-order valence-electron chi connectivity index (χ2n) is 7.26. The SMILES string of the molecule is CCOc1cc(C(=O)N/N=C\c2ccc(OS(=O)(=O)c3ccc(C)cc3)c(OC)c2)ccc1OC. The Morgan fingerprint density at radius 3 is 2.26 bits per heavy atom. The smallest absolute Gasteiger partial charge is 0.339 e. The highest BCUT2D eigenvalue weighted by atomic mass is 32.2. The van der Waals surface area contributed by atoms with Gasteiger partial charge in [0, 0.05) is 5.56 Å². The molecule has 35 heavy (non-hydrogen) atoms. The molecule has 0 aliphatic carbocycles. The fourth-order valence-corrected chi connectivity index (χ4v) is 3.96. The third-order valence-corrected chi connectivity index (χ3v) is 6.05. The fraction of sp³-hybridized carbons (Fsp3) is 0.200. The van der Waals surface area contributed by atoms with Crippen molar-refractivity contribution in [2.24, 2.45) is 5.10 Å². The average molecular weight is 499 g/mol. The Bertz CT molecular complexity index is 1320. The minimum atomic E-state index is -4.04. The zero-order chi connectivity index (χ0) is 25.4. The summed E-state index contributed by atoms with van der Waals surface area (Å²) in [7, 11) is -1.13. The number of carbonyl (C=O) groups is 1. The summed E-state index contributed by atoms with van der Waals surface area (Å²) >= 11 is 0. The minimum absolute atomic E-state index is 0.0240. The number of rotatable bonds is 10. The molecule has 0 spiro atoms. The lowest BCUT2D eigenvalue weighted by Crippen LogP contribution is -2.17. The first-order chi connectivity index (χ1) is 16.8. The molecular weight excluding hydrogens is 472 g/mol. The largest absolute Gasteiger partial charge is 0.493 e. The molecular formula is C25H26N2O7S. The number of ether oxygens (including phenoxy) is 3. The summed E-state index contributed by atoms with van der Waals surface area (Å²) in [5, 5.41) is 3.96. The predicted molar refractivity (Wildman–Crippen MR) is 131 cm³/mol. The number of nitrogens with one attached hydrogen (secondary N) is 1. The highest BCUT2D eigenvalue weighted by Gasteiger charge is 2.19. The van der Waals surface area contributed by atoms with Gasteiger partial charge in [0.15, 0.2) is 23.0 Å². The lowest BCUT2D eigenvalue weighted by molar-refractivity contribution is 0.0954. The molecule has 184 valence electrons. The van der Waals surface area contributed by atoms with Crippen LogP contribution in [-0.2, 0) is 10.1 Å². The van der Waals surface area contributed by atoms with Gasteiger partial charge in [-0.15, -0.1) is 0 Å². The van der Waals surface area contributed by atoms with E-state index in [1.807, 2.05) is 13.8 Å². The molecule has 0 saturated carbocycles. The van der Waals surface area contributed by atoms with Gasteiger partial charge < -0.3 is 18.4 Å². The second kappa shape index (κ2) is 11.4. The van der Waals surface area contributed by atoms with Gasteiger partial charge in [-0.3, -0.25) is 4.79 Å². The first-order valence-electron chi connectivity index (χ1n) is 10.6. The van der Waals surface area contributed by atoms with E-state index in [1.54, 1.807) is 36.4 Å². The van der Waals surface area contributed by atoms with Crippen LogP contribution in [0.25, 0.3) is 0 Å². The maximum Gasteiger partial charge on any atom is 0.339 e. The van der Waals surface area contributed by atoms with E-state index < -0.39 is 16.0 Å².